The summed E-state index contributed by atoms with van der Waals surface area (Å²) in [6.45, 7) is 14.5. The van der Waals surface area contributed by atoms with Crippen molar-refractivity contribution in [1.82, 2.24) is 0 Å². The minimum atomic E-state index is -0.183. The molecule has 0 aliphatic rings. The second-order valence-corrected chi connectivity index (χ2v) is 11.0. The second kappa shape index (κ2) is 12.6. The molecule has 0 atom stereocenters. The molecule has 0 saturated heterocycles. The Labute approximate surface area is 249 Å². The number of hydrogen-bond acceptors (Lipinski definition) is 1. The van der Waals surface area contributed by atoms with Gasteiger partial charge in [-0.25, -0.2) is 9.98 Å². The van der Waals surface area contributed by atoms with Crippen molar-refractivity contribution in [3.05, 3.63) is 180 Å². The van der Waals surface area contributed by atoms with Gasteiger partial charge in [0.25, 0.3) is 0 Å². The molecule has 42 heavy (non-hydrogen) atoms. The van der Waals surface area contributed by atoms with E-state index in [1.54, 1.807) is 6.08 Å². The lowest BCUT2D eigenvalue weighted by atomic mass is 9.77. The number of nitrogens with zero attached hydrogens (tertiary/aromatic N) is 2. The number of amidine groups is 1. The first-order chi connectivity index (χ1) is 20.3. The molecule has 0 saturated carbocycles. The van der Waals surface area contributed by atoms with Crippen LogP contribution in [0.1, 0.15) is 43.0 Å². The van der Waals surface area contributed by atoms with Crippen molar-refractivity contribution < 1.29 is 0 Å². The lowest BCUT2D eigenvalue weighted by Gasteiger charge is -2.26. The lowest BCUT2D eigenvalue weighted by Crippen LogP contribution is -2.19. The summed E-state index contributed by atoms with van der Waals surface area (Å²) in [7, 11) is 0. The van der Waals surface area contributed by atoms with E-state index >= 15 is 0 Å². The van der Waals surface area contributed by atoms with E-state index in [0.717, 1.165) is 16.7 Å². The first kappa shape index (κ1) is 28.4. The standard InChI is InChI=1S/C40H36N2/c1-6-12-29(2)30(3)42-39(41-28-31-13-8-7-9-14-31)34-21-25-38(26-22-34)40(4,5)37-23-19-33(20-24-37)36-18-17-32-15-10-11-16-35(32)27-36/h6-28H,1,3H2,2,4-5H3/b29-12+,41-28+,42-39-. The van der Waals surface area contributed by atoms with Gasteiger partial charge in [0.1, 0.15) is 0 Å². The summed E-state index contributed by atoms with van der Waals surface area (Å²) in [6, 6.07) is 42.7. The van der Waals surface area contributed by atoms with Crippen molar-refractivity contribution >= 4 is 22.8 Å². The molecule has 2 heteroatoms. The third kappa shape index (κ3) is 6.45. The van der Waals surface area contributed by atoms with Crippen LogP contribution in [0.4, 0.5) is 0 Å². The molecule has 2 nitrogen and oxygen atoms in total. The van der Waals surface area contributed by atoms with Crippen LogP contribution in [0, 0.1) is 0 Å². The Morgan fingerprint density at radius 3 is 1.95 bits per heavy atom. The van der Waals surface area contributed by atoms with Crippen molar-refractivity contribution in [3.8, 4) is 11.1 Å². The van der Waals surface area contributed by atoms with Gasteiger partial charge in [-0.15, -0.1) is 0 Å². The van der Waals surface area contributed by atoms with Crippen LogP contribution in [-0.4, -0.2) is 12.1 Å². The molecule has 0 unspecified atom stereocenters. The van der Waals surface area contributed by atoms with E-state index in [2.05, 4.69) is 118 Å². The Bertz CT molecular complexity index is 1800. The van der Waals surface area contributed by atoms with Crippen LogP contribution >= 0.6 is 0 Å². The molecule has 0 spiro atoms. The van der Waals surface area contributed by atoms with Gasteiger partial charge >= 0.3 is 0 Å². The topological polar surface area (TPSA) is 24.7 Å². The van der Waals surface area contributed by atoms with Gasteiger partial charge < -0.3 is 0 Å². The van der Waals surface area contributed by atoms with E-state index in [9.17, 15) is 0 Å². The number of benzene rings is 5. The molecule has 0 aliphatic heterocycles. The molecule has 206 valence electrons. The molecule has 0 fully saturated rings. The van der Waals surface area contributed by atoms with Crippen molar-refractivity contribution in [2.24, 2.45) is 9.98 Å². The normalized spacial score (nSPS) is 12.5. The SMILES string of the molecule is C=C/C=C(\C)C(=C)/N=C(\N=C\c1ccccc1)c1ccc(C(C)(C)c2ccc(-c3ccc4ccccc4c3)cc2)cc1. The average Bonchev–Trinajstić information content (AvgIpc) is 3.03. The van der Waals surface area contributed by atoms with Crippen molar-refractivity contribution in [2.45, 2.75) is 26.2 Å². The van der Waals surface area contributed by atoms with E-state index in [1.165, 1.54) is 33.0 Å². The Balaban J connectivity index is 1.41. The van der Waals surface area contributed by atoms with Crippen molar-refractivity contribution in [2.75, 3.05) is 0 Å². The maximum Gasteiger partial charge on any atom is 0.159 e. The van der Waals surface area contributed by atoms with Crippen LogP contribution in [0.3, 0.4) is 0 Å². The quantitative estimate of drug-likeness (QED) is 0.105. The molecule has 0 N–H and O–H groups in total. The van der Waals surface area contributed by atoms with Crippen LogP contribution in [0.5, 0.6) is 0 Å². The second-order valence-electron chi connectivity index (χ2n) is 11.0. The highest BCUT2D eigenvalue weighted by atomic mass is 14.9. The molecule has 0 heterocycles. The fourth-order valence-electron chi connectivity index (χ4n) is 4.98. The minimum Gasteiger partial charge on any atom is -0.236 e. The molecule has 5 aromatic carbocycles. The highest BCUT2D eigenvalue weighted by molar-refractivity contribution is 6.05. The predicted molar refractivity (Wildman–Crippen MR) is 182 cm³/mol. The maximum absolute atomic E-state index is 4.80. The molecule has 0 aliphatic carbocycles. The lowest BCUT2D eigenvalue weighted by molar-refractivity contribution is 0.641. The zero-order valence-corrected chi connectivity index (χ0v) is 24.6. The van der Waals surface area contributed by atoms with Gasteiger partial charge in [-0.1, -0.05) is 154 Å². The zero-order valence-electron chi connectivity index (χ0n) is 24.6. The number of rotatable bonds is 8. The molecule has 5 aromatic rings. The Kier molecular flexibility index (Phi) is 8.55. The number of allylic oxidation sites excluding steroid dienone is 3. The predicted octanol–water partition coefficient (Wildman–Crippen LogP) is 10.3. The van der Waals surface area contributed by atoms with Gasteiger partial charge in [-0.05, 0) is 57.2 Å². The summed E-state index contributed by atoms with van der Waals surface area (Å²) in [4.78, 5) is 9.56. The Hall–Kier alpha value is -5.08. The first-order valence-corrected chi connectivity index (χ1v) is 14.2. The van der Waals surface area contributed by atoms with E-state index in [0.29, 0.717) is 11.5 Å². The van der Waals surface area contributed by atoms with E-state index < -0.39 is 0 Å². The van der Waals surface area contributed by atoms with Crippen LogP contribution in [0.2, 0.25) is 0 Å². The molecule has 0 bridgehead atoms. The summed E-state index contributed by atoms with van der Waals surface area (Å²) in [5.41, 5.74) is 8.29. The highest BCUT2D eigenvalue weighted by Gasteiger charge is 2.23. The molecule has 0 amide bonds. The smallest absolute Gasteiger partial charge is 0.159 e. The van der Waals surface area contributed by atoms with Crippen LogP contribution in [0.15, 0.2) is 168 Å². The molecule has 0 radical (unpaired) electrons. The molecule has 0 aromatic heterocycles. The summed E-state index contributed by atoms with van der Waals surface area (Å²) >= 11 is 0. The van der Waals surface area contributed by atoms with Gasteiger partial charge in [0.2, 0.25) is 0 Å². The van der Waals surface area contributed by atoms with Crippen LogP contribution in [0.25, 0.3) is 21.9 Å². The fourth-order valence-corrected chi connectivity index (χ4v) is 4.98. The maximum atomic E-state index is 4.80. The Morgan fingerprint density at radius 1 is 0.690 bits per heavy atom. The van der Waals surface area contributed by atoms with Gasteiger partial charge in [-0.3, -0.25) is 0 Å². The monoisotopic (exact) mass is 544 g/mol. The fraction of sp³-hybridized carbons (Fsp3) is 0.100. The number of fused-ring (bicyclic) bond motifs is 1. The highest BCUT2D eigenvalue weighted by Crippen LogP contribution is 2.34. The van der Waals surface area contributed by atoms with E-state index in [-0.39, 0.29) is 5.41 Å². The van der Waals surface area contributed by atoms with E-state index in [1.807, 2.05) is 49.5 Å². The van der Waals surface area contributed by atoms with Gasteiger partial charge in [-0.2, -0.15) is 0 Å². The Morgan fingerprint density at radius 2 is 1.29 bits per heavy atom. The summed E-state index contributed by atoms with van der Waals surface area (Å²) < 4.78 is 0. The van der Waals surface area contributed by atoms with Crippen LogP contribution in [-0.2, 0) is 5.41 Å². The zero-order chi connectivity index (χ0) is 29.5. The first-order valence-electron chi connectivity index (χ1n) is 14.2. The summed E-state index contributed by atoms with van der Waals surface area (Å²) in [5, 5.41) is 2.51. The summed E-state index contributed by atoms with van der Waals surface area (Å²) in [6.07, 6.45) is 5.49. The summed E-state index contributed by atoms with van der Waals surface area (Å²) in [5.74, 6) is 0.616. The average molecular weight is 545 g/mol. The van der Waals surface area contributed by atoms with E-state index in [4.69, 9.17) is 9.98 Å². The number of hydrogen-bond donors (Lipinski definition) is 0. The molecular formula is C40H36N2. The van der Waals surface area contributed by atoms with Crippen molar-refractivity contribution in [1.29, 1.82) is 0 Å². The number of aliphatic imine (C=N–C) groups is 2. The van der Waals surface area contributed by atoms with Gasteiger partial charge in [0.05, 0.1) is 5.70 Å². The largest absolute Gasteiger partial charge is 0.236 e. The minimum absolute atomic E-state index is 0.183. The van der Waals surface area contributed by atoms with Gasteiger partial charge in [0, 0.05) is 17.2 Å². The van der Waals surface area contributed by atoms with Crippen LogP contribution < -0.4 is 0 Å². The third-order valence-corrected chi connectivity index (χ3v) is 7.75. The molecular weight excluding hydrogens is 508 g/mol. The van der Waals surface area contributed by atoms with Gasteiger partial charge in [0.15, 0.2) is 5.84 Å². The molecule has 5 rings (SSSR count). The van der Waals surface area contributed by atoms with Crippen molar-refractivity contribution in [3.63, 3.8) is 0 Å². The third-order valence-electron chi connectivity index (χ3n) is 7.75.